The second kappa shape index (κ2) is 3.54. The molecule has 1 rings (SSSR count). The fraction of sp³-hybridized carbons (Fsp3) is 0.429. The Balaban J connectivity index is 2.70. The number of aromatic nitrogens is 2. The lowest BCUT2D eigenvalue weighted by molar-refractivity contribution is 0.500. The van der Waals surface area contributed by atoms with E-state index in [2.05, 4.69) is 27.1 Å². The maximum atomic E-state index is 8.40. The molecule has 0 aliphatic heterocycles. The summed E-state index contributed by atoms with van der Waals surface area (Å²) in [7, 11) is 0. The fourth-order valence-electron chi connectivity index (χ4n) is 0.782. The Kier molecular flexibility index (Phi) is 2.66. The molecule has 0 radical (unpaired) electrons. The van der Waals surface area contributed by atoms with E-state index < -0.39 is 0 Å². The molecule has 0 bridgehead atoms. The zero-order valence-corrected chi connectivity index (χ0v) is 7.74. The van der Waals surface area contributed by atoms with Gasteiger partial charge in [-0.1, -0.05) is 0 Å². The average molecular weight is 214 g/mol. The van der Waals surface area contributed by atoms with Crippen LogP contribution in [-0.4, -0.2) is 9.78 Å². The summed E-state index contributed by atoms with van der Waals surface area (Å²) in [6.45, 7) is 1.96. The quantitative estimate of drug-likeness (QED) is 0.756. The van der Waals surface area contributed by atoms with E-state index >= 15 is 0 Å². The number of halogens is 1. The second-order valence-corrected chi connectivity index (χ2v) is 3.27. The molecule has 1 unspecified atom stereocenters. The van der Waals surface area contributed by atoms with E-state index in [0.717, 1.165) is 4.47 Å². The van der Waals surface area contributed by atoms with Crippen LogP contribution in [0.3, 0.4) is 0 Å². The van der Waals surface area contributed by atoms with Crippen LogP contribution in [0, 0.1) is 11.3 Å². The number of nitriles is 1. The molecule has 1 aromatic heterocycles. The first kappa shape index (κ1) is 8.28. The van der Waals surface area contributed by atoms with Gasteiger partial charge in [-0.05, 0) is 22.9 Å². The summed E-state index contributed by atoms with van der Waals surface area (Å²) >= 11 is 3.29. The molecule has 58 valence electrons. The van der Waals surface area contributed by atoms with Gasteiger partial charge in [0.15, 0.2) is 0 Å². The fourth-order valence-corrected chi connectivity index (χ4v) is 1.08. The van der Waals surface area contributed by atoms with Gasteiger partial charge in [0.2, 0.25) is 0 Å². The first-order chi connectivity index (χ1) is 5.24. The first-order valence-corrected chi connectivity index (χ1v) is 4.10. The molecule has 1 atom stereocenters. The van der Waals surface area contributed by atoms with Gasteiger partial charge in [-0.2, -0.15) is 10.4 Å². The summed E-state index contributed by atoms with van der Waals surface area (Å²) in [5.74, 6) is 0. The van der Waals surface area contributed by atoms with E-state index in [1.165, 1.54) is 0 Å². The van der Waals surface area contributed by atoms with Crippen LogP contribution in [0.15, 0.2) is 16.9 Å². The highest BCUT2D eigenvalue weighted by molar-refractivity contribution is 9.10. The van der Waals surface area contributed by atoms with Gasteiger partial charge in [0.25, 0.3) is 0 Å². The molecular weight excluding hydrogens is 206 g/mol. The predicted molar refractivity (Wildman–Crippen MR) is 44.9 cm³/mol. The monoisotopic (exact) mass is 213 g/mol. The Bertz CT molecular complexity index is 273. The van der Waals surface area contributed by atoms with Crippen LogP contribution < -0.4 is 0 Å². The molecule has 0 N–H and O–H groups in total. The van der Waals surface area contributed by atoms with E-state index in [-0.39, 0.29) is 6.04 Å². The molecule has 0 saturated heterocycles. The number of rotatable bonds is 2. The Morgan fingerprint density at radius 1 is 1.91 bits per heavy atom. The van der Waals surface area contributed by atoms with Crippen LogP contribution >= 0.6 is 15.9 Å². The van der Waals surface area contributed by atoms with Gasteiger partial charge in [0, 0.05) is 6.20 Å². The first-order valence-electron chi connectivity index (χ1n) is 3.30. The third kappa shape index (κ3) is 2.05. The largest absolute Gasteiger partial charge is 0.268 e. The van der Waals surface area contributed by atoms with Gasteiger partial charge >= 0.3 is 0 Å². The van der Waals surface area contributed by atoms with Gasteiger partial charge in [-0.15, -0.1) is 0 Å². The van der Waals surface area contributed by atoms with Crippen LogP contribution in [0.5, 0.6) is 0 Å². The summed E-state index contributed by atoms with van der Waals surface area (Å²) in [6.07, 6.45) is 4.07. The molecule has 4 heteroatoms. The SMILES string of the molecule is CC(CC#N)n1cc(Br)cn1. The molecule has 0 aromatic carbocycles. The van der Waals surface area contributed by atoms with Crippen LogP contribution in [0.2, 0.25) is 0 Å². The summed E-state index contributed by atoms with van der Waals surface area (Å²) in [6, 6.07) is 2.26. The zero-order chi connectivity index (χ0) is 8.27. The third-order valence-electron chi connectivity index (χ3n) is 1.41. The summed E-state index contributed by atoms with van der Waals surface area (Å²) in [5.41, 5.74) is 0. The lowest BCUT2D eigenvalue weighted by atomic mass is 10.3. The standard InChI is InChI=1S/C7H8BrN3/c1-6(2-3-9)11-5-7(8)4-10-11/h4-6H,2H2,1H3. The van der Waals surface area contributed by atoms with E-state index in [9.17, 15) is 0 Å². The van der Waals surface area contributed by atoms with E-state index in [0.29, 0.717) is 6.42 Å². The Hall–Kier alpha value is -0.820. The Labute approximate surface area is 73.8 Å². The van der Waals surface area contributed by atoms with Crippen molar-refractivity contribution in [3.8, 4) is 6.07 Å². The van der Waals surface area contributed by atoms with Crippen molar-refractivity contribution in [3.63, 3.8) is 0 Å². The van der Waals surface area contributed by atoms with Gasteiger partial charge in [0.05, 0.1) is 29.2 Å². The van der Waals surface area contributed by atoms with Crippen molar-refractivity contribution >= 4 is 15.9 Å². The highest BCUT2D eigenvalue weighted by Crippen LogP contribution is 2.13. The van der Waals surface area contributed by atoms with Crippen LogP contribution in [0.4, 0.5) is 0 Å². The lowest BCUT2D eigenvalue weighted by Crippen LogP contribution is -2.03. The van der Waals surface area contributed by atoms with Crippen molar-refractivity contribution < 1.29 is 0 Å². The highest BCUT2D eigenvalue weighted by atomic mass is 79.9. The van der Waals surface area contributed by atoms with Crippen molar-refractivity contribution in [2.45, 2.75) is 19.4 Å². The highest BCUT2D eigenvalue weighted by Gasteiger charge is 2.03. The molecule has 0 fully saturated rings. The smallest absolute Gasteiger partial charge is 0.0644 e. The molecule has 3 nitrogen and oxygen atoms in total. The van der Waals surface area contributed by atoms with Crippen molar-refractivity contribution in [3.05, 3.63) is 16.9 Å². The minimum Gasteiger partial charge on any atom is -0.268 e. The van der Waals surface area contributed by atoms with Crippen LogP contribution in [0.25, 0.3) is 0 Å². The minimum atomic E-state index is 0.159. The number of nitrogens with zero attached hydrogens (tertiary/aromatic N) is 3. The summed E-state index contributed by atoms with van der Waals surface area (Å²) in [5, 5.41) is 12.5. The van der Waals surface area contributed by atoms with E-state index in [1.807, 2.05) is 13.1 Å². The molecule has 11 heavy (non-hydrogen) atoms. The van der Waals surface area contributed by atoms with Gasteiger partial charge in [-0.3, -0.25) is 4.68 Å². The van der Waals surface area contributed by atoms with Gasteiger partial charge in [-0.25, -0.2) is 0 Å². The summed E-state index contributed by atoms with van der Waals surface area (Å²) < 4.78 is 2.72. The molecular formula is C7H8BrN3. The Morgan fingerprint density at radius 3 is 3.09 bits per heavy atom. The molecule has 0 spiro atoms. The van der Waals surface area contributed by atoms with Crippen molar-refractivity contribution in [2.75, 3.05) is 0 Å². The van der Waals surface area contributed by atoms with E-state index in [4.69, 9.17) is 5.26 Å². The predicted octanol–water partition coefficient (Wildman–Crippen LogP) is 2.12. The zero-order valence-electron chi connectivity index (χ0n) is 6.16. The number of hydrogen-bond acceptors (Lipinski definition) is 2. The lowest BCUT2D eigenvalue weighted by Gasteiger charge is -2.05. The van der Waals surface area contributed by atoms with E-state index in [1.54, 1.807) is 10.9 Å². The van der Waals surface area contributed by atoms with Crippen LogP contribution in [0.1, 0.15) is 19.4 Å². The molecule has 0 aliphatic rings. The van der Waals surface area contributed by atoms with Crippen molar-refractivity contribution in [1.82, 2.24) is 9.78 Å². The van der Waals surface area contributed by atoms with Crippen molar-refractivity contribution in [2.24, 2.45) is 0 Å². The van der Waals surface area contributed by atoms with Gasteiger partial charge in [0.1, 0.15) is 0 Å². The molecule has 0 amide bonds. The Morgan fingerprint density at radius 2 is 2.64 bits per heavy atom. The topological polar surface area (TPSA) is 41.6 Å². The number of hydrogen-bond donors (Lipinski definition) is 0. The maximum Gasteiger partial charge on any atom is 0.0644 e. The molecule has 0 aliphatic carbocycles. The molecule has 1 aromatic rings. The van der Waals surface area contributed by atoms with Crippen LogP contribution in [-0.2, 0) is 0 Å². The van der Waals surface area contributed by atoms with Crippen molar-refractivity contribution in [1.29, 1.82) is 5.26 Å². The second-order valence-electron chi connectivity index (χ2n) is 2.35. The molecule has 0 saturated carbocycles. The average Bonchev–Trinajstić information content (AvgIpc) is 2.36. The maximum absolute atomic E-state index is 8.40. The summed E-state index contributed by atoms with van der Waals surface area (Å²) in [4.78, 5) is 0. The molecule has 1 heterocycles. The minimum absolute atomic E-state index is 0.159. The van der Waals surface area contributed by atoms with Gasteiger partial charge < -0.3 is 0 Å². The normalized spacial score (nSPS) is 12.5. The third-order valence-corrected chi connectivity index (χ3v) is 1.82.